The molecule has 0 N–H and O–H groups in total. The van der Waals surface area contributed by atoms with E-state index in [9.17, 15) is 0 Å². The van der Waals surface area contributed by atoms with E-state index >= 15 is 0 Å². The van der Waals surface area contributed by atoms with E-state index in [0.717, 1.165) is 49.6 Å². The van der Waals surface area contributed by atoms with Crippen molar-refractivity contribution in [2.45, 2.75) is 5.33 Å². The number of nitrogens with zero attached hydrogens (tertiary/aromatic N) is 3. The molecule has 2 rings (SSSR count). The van der Waals surface area contributed by atoms with E-state index in [0.29, 0.717) is 0 Å². The van der Waals surface area contributed by atoms with Crippen molar-refractivity contribution >= 4 is 33.2 Å². The minimum Gasteiger partial charge on any atom is -0.369 e. The third kappa shape index (κ3) is 4.35. The van der Waals surface area contributed by atoms with Gasteiger partial charge in [0.25, 0.3) is 0 Å². The van der Waals surface area contributed by atoms with Crippen LogP contribution in [-0.2, 0) is 5.33 Å². The first kappa shape index (κ1) is 16.1. The highest BCUT2D eigenvalue weighted by Crippen LogP contribution is 2.27. The first-order valence-corrected chi connectivity index (χ1v) is 8.56. The predicted molar refractivity (Wildman–Crippen MR) is 91.3 cm³/mol. The van der Waals surface area contributed by atoms with Crippen LogP contribution in [0.5, 0.6) is 0 Å². The SMILES string of the molecule is CN(C)CCN1CCN(c2cc(Cl)ccc2CBr)CC1. The van der Waals surface area contributed by atoms with Crippen molar-refractivity contribution in [3.8, 4) is 0 Å². The zero-order valence-corrected chi connectivity index (χ0v) is 14.6. The molecule has 1 aromatic rings. The first-order chi connectivity index (χ1) is 9.60. The molecule has 1 saturated heterocycles. The Labute approximate surface area is 135 Å². The van der Waals surface area contributed by atoms with Gasteiger partial charge < -0.3 is 9.80 Å². The molecule has 3 nitrogen and oxygen atoms in total. The van der Waals surface area contributed by atoms with Gasteiger partial charge in [0.1, 0.15) is 0 Å². The lowest BCUT2D eigenvalue weighted by Crippen LogP contribution is -2.48. The van der Waals surface area contributed by atoms with Crippen molar-refractivity contribution < 1.29 is 0 Å². The molecule has 0 aromatic heterocycles. The van der Waals surface area contributed by atoms with Crippen molar-refractivity contribution in [2.24, 2.45) is 0 Å². The summed E-state index contributed by atoms with van der Waals surface area (Å²) in [4.78, 5) is 7.23. The Morgan fingerprint density at radius 2 is 1.90 bits per heavy atom. The molecule has 0 aliphatic carbocycles. The van der Waals surface area contributed by atoms with Gasteiger partial charge in [-0.3, -0.25) is 4.90 Å². The highest BCUT2D eigenvalue weighted by atomic mass is 79.9. The molecule has 112 valence electrons. The van der Waals surface area contributed by atoms with Crippen LogP contribution in [0.2, 0.25) is 5.02 Å². The summed E-state index contributed by atoms with van der Waals surface area (Å²) in [6, 6.07) is 6.17. The van der Waals surface area contributed by atoms with E-state index in [1.807, 2.05) is 6.07 Å². The van der Waals surface area contributed by atoms with E-state index in [-0.39, 0.29) is 0 Å². The number of likely N-dealkylation sites (N-methyl/N-ethyl adjacent to an activating group) is 1. The maximum atomic E-state index is 6.15. The second-order valence-electron chi connectivity index (χ2n) is 5.54. The molecule has 0 unspecified atom stereocenters. The minimum atomic E-state index is 0.819. The second-order valence-corrected chi connectivity index (χ2v) is 6.54. The van der Waals surface area contributed by atoms with Crippen LogP contribution in [0.3, 0.4) is 0 Å². The van der Waals surface area contributed by atoms with Crippen LogP contribution >= 0.6 is 27.5 Å². The Balaban J connectivity index is 1.95. The van der Waals surface area contributed by atoms with E-state index in [1.165, 1.54) is 11.3 Å². The lowest BCUT2D eigenvalue weighted by atomic mass is 10.1. The summed E-state index contributed by atoms with van der Waals surface area (Å²) in [6.45, 7) is 6.69. The third-order valence-electron chi connectivity index (χ3n) is 3.77. The van der Waals surface area contributed by atoms with Gasteiger partial charge in [0.05, 0.1) is 0 Å². The van der Waals surface area contributed by atoms with E-state index in [1.54, 1.807) is 0 Å². The zero-order valence-electron chi connectivity index (χ0n) is 12.3. The largest absolute Gasteiger partial charge is 0.369 e. The average Bonchev–Trinajstić information content (AvgIpc) is 2.45. The summed E-state index contributed by atoms with van der Waals surface area (Å²) in [5, 5.41) is 1.69. The second kappa shape index (κ2) is 7.64. The van der Waals surface area contributed by atoms with Gasteiger partial charge in [0.2, 0.25) is 0 Å². The van der Waals surface area contributed by atoms with Gasteiger partial charge in [-0.2, -0.15) is 0 Å². The standard InChI is InChI=1S/C15H23BrClN3/c1-18(2)5-6-19-7-9-20(10-8-19)15-11-14(17)4-3-13(15)12-16/h3-4,11H,5-10,12H2,1-2H3. The van der Waals surface area contributed by atoms with Gasteiger partial charge in [-0.05, 0) is 31.8 Å². The van der Waals surface area contributed by atoms with Crippen LogP contribution in [0.1, 0.15) is 5.56 Å². The fraction of sp³-hybridized carbons (Fsp3) is 0.600. The first-order valence-electron chi connectivity index (χ1n) is 7.06. The fourth-order valence-electron chi connectivity index (χ4n) is 2.50. The van der Waals surface area contributed by atoms with E-state index in [4.69, 9.17) is 11.6 Å². The quantitative estimate of drug-likeness (QED) is 0.748. The molecule has 0 radical (unpaired) electrons. The van der Waals surface area contributed by atoms with Gasteiger partial charge in [0.15, 0.2) is 0 Å². The number of benzene rings is 1. The van der Waals surface area contributed by atoms with Gasteiger partial charge in [-0.1, -0.05) is 33.6 Å². The molecule has 1 aliphatic rings. The number of piperazine rings is 1. The van der Waals surface area contributed by atoms with Crippen LogP contribution in [0.15, 0.2) is 18.2 Å². The highest BCUT2D eigenvalue weighted by Gasteiger charge is 2.19. The van der Waals surface area contributed by atoms with Crippen LogP contribution in [0.4, 0.5) is 5.69 Å². The number of halogens is 2. The Kier molecular flexibility index (Phi) is 6.15. The zero-order chi connectivity index (χ0) is 14.5. The molecule has 0 amide bonds. The van der Waals surface area contributed by atoms with E-state index < -0.39 is 0 Å². The Morgan fingerprint density at radius 1 is 1.20 bits per heavy atom. The maximum Gasteiger partial charge on any atom is 0.0426 e. The number of alkyl halides is 1. The van der Waals surface area contributed by atoms with Crippen LogP contribution in [-0.4, -0.2) is 63.2 Å². The highest BCUT2D eigenvalue weighted by molar-refractivity contribution is 9.08. The molecule has 1 heterocycles. The van der Waals surface area contributed by atoms with Gasteiger partial charge in [0, 0.05) is 55.3 Å². The van der Waals surface area contributed by atoms with Crippen molar-refractivity contribution in [1.29, 1.82) is 0 Å². The number of anilines is 1. The van der Waals surface area contributed by atoms with Crippen LogP contribution < -0.4 is 4.90 Å². The van der Waals surface area contributed by atoms with Crippen molar-refractivity contribution in [2.75, 3.05) is 58.3 Å². The average molecular weight is 361 g/mol. The number of hydrogen-bond acceptors (Lipinski definition) is 3. The Hall–Kier alpha value is -0.290. The molecule has 0 bridgehead atoms. The lowest BCUT2D eigenvalue weighted by Gasteiger charge is -2.37. The summed E-state index contributed by atoms with van der Waals surface area (Å²) in [5.74, 6) is 0. The fourth-order valence-corrected chi connectivity index (χ4v) is 3.14. The third-order valence-corrected chi connectivity index (χ3v) is 4.61. The number of hydrogen-bond donors (Lipinski definition) is 0. The summed E-state index contributed by atoms with van der Waals surface area (Å²) in [7, 11) is 4.26. The summed E-state index contributed by atoms with van der Waals surface area (Å²) in [6.07, 6.45) is 0. The van der Waals surface area contributed by atoms with Crippen LogP contribution in [0, 0.1) is 0 Å². The molecule has 0 spiro atoms. The summed E-state index contributed by atoms with van der Waals surface area (Å²) in [5.41, 5.74) is 2.60. The molecular formula is C15H23BrClN3. The van der Waals surface area contributed by atoms with Gasteiger partial charge in [-0.25, -0.2) is 0 Å². The van der Waals surface area contributed by atoms with E-state index in [2.05, 4.69) is 56.9 Å². The van der Waals surface area contributed by atoms with Gasteiger partial charge >= 0.3 is 0 Å². The normalized spacial score (nSPS) is 16.9. The number of rotatable bonds is 5. The van der Waals surface area contributed by atoms with Crippen molar-refractivity contribution in [3.05, 3.63) is 28.8 Å². The molecular weight excluding hydrogens is 338 g/mol. The molecule has 1 aromatic carbocycles. The summed E-state index contributed by atoms with van der Waals surface area (Å²) < 4.78 is 0. The lowest BCUT2D eigenvalue weighted by molar-refractivity contribution is 0.229. The topological polar surface area (TPSA) is 9.72 Å². The Bertz CT molecular complexity index is 431. The molecule has 1 aliphatic heterocycles. The predicted octanol–water partition coefficient (Wildman–Crippen LogP) is 2.92. The molecule has 20 heavy (non-hydrogen) atoms. The van der Waals surface area contributed by atoms with Crippen molar-refractivity contribution in [1.82, 2.24) is 9.80 Å². The van der Waals surface area contributed by atoms with Crippen molar-refractivity contribution in [3.63, 3.8) is 0 Å². The monoisotopic (exact) mass is 359 g/mol. The molecule has 0 atom stereocenters. The maximum absolute atomic E-state index is 6.15. The molecule has 5 heteroatoms. The molecule has 1 fully saturated rings. The molecule has 0 saturated carbocycles. The van der Waals surface area contributed by atoms with Gasteiger partial charge in [-0.15, -0.1) is 0 Å². The van der Waals surface area contributed by atoms with Crippen LogP contribution in [0.25, 0.3) is 0 Å². The Morgan fingerprint density at radius 3 is 2.50 bits per heavy atom. The smallest absolute Gasteiger partial charge is 0.0426 e. The summed E-state index contributed by atoms with van der Waals surface area (Å²) >= 11 is 9.71. The minimum absolute atomic E-state index is 0.819.